The van der Waals surface area contributed by atoms with Crippen LogP contribution in [0.1, 0.15) is 10.5 Å². The molecule has 0 atom stereocenters. The van der Waals surface area contributed by atoms with E-state index in [1.807, 2.05) is 0 Å². The highest BCUT2D eigenvalue weighted by atomic mass is 79.9. The first-order valence-corrected chi connectivity index (χ1v) is 4.84. The van der Waals surface area contributed by atoms with Crippen molar-refractivity contribution in [2.75, 3.05) is 12.8 Å². The van der Waals surface area contributed by atoms with Crippen LogP contribution in [-0.4, -0.2) is 18.1 Å². The van der Waals surface area contributed by atoms with Crippen LogP contribution in [0.5, 0.6) is 0 Å². The van der Waals surface area contributed by atoms with E-state index in [1.165, 1.54) is 7.11 Å². The first-order chi connectivity index (χ1) is 6.06. The molecule has 1 aromatic rings. The van der Waals surface area contributed by atoms with E-state index in [1.54, 1.807) is 6.07 Å². The summed E-state index contributed by atoms with van der Waals surface area (Å²) in [6, 6.07) is 1.65. The number of pyridine rings is 1. The average Bonchev–Trinajstić information content (AvgIpc) is 2.10. The number of hydrogen-bond donors (Lipinski definition) is 1. The fraction of sp³-hybridized carbons (Fsp3) is 0.143. The summed E-state index contributed by atoms with van der Waals surface area (Å²) in [7, 11) is 1.29. The summed E-state index contributed by atoms with van der Waals surface area (Å²) in [4.78, 5) is 15.0. The minimum Gasteiger partial charge on any atom is -0.464 e. The number of carbonyl (C=O) groups excluding carboxylic acids is 1. The van der Waals surface area contributed by atoms with Crippen molar-refractivity contribution in [2.24, 2.45) is 0 Å². The zero-order chi connectivity index (χ0) is 10.0. The van der Waals surface area contributed by atoms with Crippen LogP contribution >= 0.6 is 31.9 Å². The highest BCUT2D eigenvalue weighted by Crippen LogP contribution is 2.25. The van der Waals surface area contributed by atoms with Crippen molar-refractivity contribution < 1.29 is 9.53 Å². The molecule has 0 fully saturated rings. The molecule has 4 nitrogen and oxygen atoms in total. The van der Waals surface area contributed by atoms with Gasteiger partial charge < -0.3 is 10.5 Å². The molecule has 1 heterocycles. The maximum atomic E-state index is 11.1. The number of halogens is 2. The number of esters is 1. The van der Waals surface area contributed by atoms with Gasteiger partial charge >= 0.3 is 5.97 Å². The molecule has 70 valence electrons. The standard InChI is InChI=1S/C7H6Br2N2O2/c1-13-7(12)5-3(8)2-4(9)6(10)11-5/h2H,1H3,(H2,10,11). The number of ether oxygens (including phenoxy) is 1. The Morgan fingerprint density at radius 3 is 2.69 bits per heavy atom. The molecular weight excluding hydrogens is 304 g/mol. The van der Waals surface area contributed by atoms with Gasteiger partial charge in [0.15, 0.2) is 5.69 Å². The molecule has 0 aliphatic heterocycles. The Balaban J connectivity index is 3.23. The van der Waals surface area contributed by atoms with Gasteiger partial charge in [-0.05, 0) is 37.9 Å². The van der Waals surface area contributed by atoms with Gasteiger partial charge in [-0.25, -0.2) is 9.78 Å². The fourth-order valence-corrected chi connectivity index (χ4v) is 1.82. The summed E-state index contributed by atoms with van der Waals surface area (Å²) in [6.07, 6.45) is 0. The summed E-state index contributed by atoms with van der Waals surface area (Å²) >= 11 is 6.36. The molecule has 0 bridgehead atoms. The van der Waals surface area contributed by atoms with Crippen LogP contribution in [0.25, 0.3) is 0 Å². The van der Waals surface area contributed by atoms with Gasteiger partial charge in [0, 0.05) is 0 Å². The van der Waals surface area contributed by atoms with Crippen LogP contribution in [0.15, 0.2) is 15.0 Å². The van der Waals surface area contributed by atoms with E-state index < -0.39 is 5.97 Å². The van der Waals surface area contributed by atoms with Crippen molar-refractivity contribution in [3.05, 3.63) is 20.7 Å². The number of aromatic nitrogens is 1. The van der Waals surface area contributed by atoms with Crippen molar-refractivity contribution in [2.45, 2.75) is 0 Å². The molecule has 0 unspecified atom stereocenters. The molecule has 2 N–H and O–H groups in total. The topological polar surface area (TPSA) is 65.2 Å². The molecule has 0 saturated carbocycles. The van der Waals surface area contributed by atoms with Crippen LogP contribution in [0.3, 0.4) is 0 Å². The van der Waals surface area contributed by atoms with Crippen molar-refractivity contribution in [3.63, 3.8) is 0 Å². The number of anilines is 1. The minimum atomic E-state index is -0.522. The van der Waals surface area contributed by atoms with Crippen molar-refractivity contribution >= 4 is 43.6 Å². The molecule has 6 heteroatoms. The molecule has 0 amide bonds. The molecule has 0 spiro atoms. The highest BCUT2D eigenvalue weighted by Gasteiger charge is 2.14. The Bertz CT molecular complexity index is 355. The van der Waals surface area contributed by atoms with Gasteiger partial charge in [0.2, 0.25) is 0 Å². The van der Waals surface area contributed by atoms with E-state index in [0.29, 0.717) is 8.95 Å². The normalized spacial score (nSPS) is 9.77. The van der Waals surface area contributed by atoms with Gasteiger partial charge in [0.05, 0.1) is 16.1 Å². The van der Waals surface area contributed by atoms with E-state index in [4.69, 9.17) is 5.73 Å². The summed E-state index contributed by atoms with van der Waals surface area (Å²) < 4.78 is 5.68. The number of methoxy groups -OCH3 is 1. The third kappa shape index (κ3) is 2.19. The van der Waals surface area contributed by atoms with Crippen LogP contribution in [0.2, 0.25) is 0 Å². The summed E-state index contributed by atoms with van der Waals surface area (Å²) in [5, 5.41) is 0. The van der Waals surface area contributed by atoms with E-state index >= 15 is 0 Å². The maximum absolute atomic E-state index is 11.1. The van der Waals surface area contributed by atoms with Crippen molar-refractivity contribution in [3.8, 4) is 0 Å². The lowest BCUT2D eigenvalue weighted by Gasteiger charge is -2.03. The number of nitrogens with two attached hydrogens (primary N) is 1. The second-order valence-electron chi connectivity index (χ2n) is 2.18. The second-order valence-corrected chi connectivity index (χ2v) is 3.89. The highest BCUT2D eigenvalue weighted by molar-refractivity contribution is 9.11. The monoisotopic (exact) mass is 308 g/mol. The molecule has 1 aromatic heterocycles. The van der Waals surface area contributed by atoms with Gasteiger partial charge in [-0.3, -0.25) is 0 Å². The van der Waals surface area contributed by atoms with E-state index in [0.717, 1.165) is 0 Å². The largest absolute Gasteiger partial charge is 0.464 e. The van der Waals surface area contributed by atoms with Crippen LogP contribution in [0, 0.1) is 0 Å². The SMILES string of the molecule is COC(=O)c1nc(N)c(Br)cc1Br. The quantitative estimate of drug-likeness (QED) is 0.806. The van der Waals surface area contributed by atoms with Gasteiger partial charge in [0.25, 0.3) is 0 Å². The van der Waals surface area contributed by atoms with Crippen LogP contribution < -0.4 is 5.73 Å². The van der Waals surface area contributed by atoms with Gasteiger partial charge in [-0.1, -0.05) is 0 Å². The first kappa shape index (κ1) is 10.5. The van der Waals surface area contributed by atoms with E-state index in [2.05, 4.69) is 41.6 Å². The number of nitrogen functional groups attached to an aromatic ring is 1. The maximum Gasteiger partial charge on any atom is 0.357 e. The predicted molar refractivity (Wildman–Crippen MR) is 55.4 cm³/mol. The minimum absolute atomic E-state index is 0.170. The molecule has 13 heavy (non-hydrogen) atoms. The predicted octanol–water partition coefficient (Wildman–Crippen LogP) is 1.98. The second kappa shape index (κ2) is 4.06. The molecule has 1 rings (SSSR count). The van der Waals surface area contributed by atoms with Crippen molar-refractivity contribution in [1.82, 2.24) is 4.98 Å². The third-order valence-corrected chi connectivity index (χ3v) is 2.58. The first-order valence-electron chi connectivity index (χ1n) is 3.26. The Kier molecular flexibility index (Phi) is 3.27. The van der Waals surface area contributed by atoms with Gasteiger partial charge in [-0.2, -0.15) is 0 Å². The summed E-state index contributed by atoms with van der Waals surface area (Å²) in [6.45, 7) is 0. The number of hydrogen-bond acceptors (Lipinski definition) is 4. The molecular formula is C7H6Br2N2O2. The summed E-state index contributed by atoms with van der Waals surface area (Å²) in [5.74, 6) is -0.269. The Labute approximate surface area is 91.7 Å². The number of nitrogens with zero attached hydrogens (tertiary/aromatic N) is 1. The van der Waals surface area contributed by atoms with E-state index in [-0.39, 0.29) is 11.5 Å². The van der Waals surface area contributed by atoms with Gasteiger partial charge in [0.1, 0.15) is 5.82 Å². The van der Waals surface area contributed by atoms with Crippen LogP contribution in [-0.2, 0) is 4.74 Å². The third-order valence-electron chi connectivity index (χ3n) is 1.34. The number of carbonyl (C=O) groups is 1. The van der Waals surface area contributed by atoms with E-state index in [9.17, 15) is 4.79 Å². The van der Waals surface area contributed by atoms with Gasteiger partial charge in [-0.15, -0.1) is 0 Å². The zero-order valence-corrected chi connectivity index (χ0v) is 9.85. The Morgan fingerprint density at radius 2 is 2.15 bits per heavy atom. The fourth-order valence-electron chi connectivity index (χ4n) is 0.721. The van der Waals surface area contributed by atoms with Crippen molar-refractivity contribution in [1.29, 1.82) is 0 Å². The zero-order valence-electron chi connectivity index (χ0n) is 6.67. The number of rotatable bonds is 1. The lowest BCUT2D eigenvalue weighted by molar-refractivity contribution is 0.0593. The van der Waals surface area contributed by atoms with Crippen LogP contribution in [0.4, 0.5) is 5.82 Å². The molecule has 0 aliphatic rings. The molecule has 0 saturated heterocycles. The Hall–Kier alpha value is -0.620. The molecule has 0 aromatic carbocycles. The smallest absolute Gasteiger partial charge is 0.357 e. The lowest BCUT2D eigenvalue weighted by Crippen LogP contribution is -2.07. The Morgan fingerprint density at radius 1 is 1.54 bits per heavy atom. The molecule has 0 radical (unpaired) electrons. The molecule has 0 aliphatic carbocycles. The summed E-state index contributed by atoms with van der Waals surface area (Å²) in [5.41, 5.74) is 5.67. The lowest BCUT2D eigenvalue weighted by atomic mass is 10.3. The average molecular weight is 310 g/mol.